The van der Waals surface area contributed by atoms with Crippen molar-refractivity contribution in [3.05, 3.63) is 37.8 Å². The fourth-order valence-electron chi connectivity index (χ4n) is 3.22. The number of benzene rings is 1. The molecule has 4 rings (SSSR count). The molecule has 13 heteroatoms. The maximum atomic E-state index is 12.8. The zero-order valence-corrected chi connectivity index (χ0v) is 21.4. The summed E-state index contributed by atoms with van der Waals surface area (Å²) < 4.78 is 31.9. The SMILES string of the molecule is Cc1nc(C)c(-c2csc(NC(=O)C3Cc4cc(S(=O)(=O)N(C)C)c(Cl)c(Cl)c4O3)n2)s1. The monoisotopic (exact) mass is 532 g/mol. The molecule has 0 saturated carbocycles. The summed E-state index contributed by atoms with van der Waals surface area (Å²) in [6, 6.07) is 1.41. The quantitative estimate of drug-likeness (QED) is 0.522. The van der Waals surface area contributed by atoms with E-state index in [2.05, 4.69) is 15.3 Å². The first kappa shape index (κ1) is 23.4. The van der Waals surface area contributed by atoms with Crippen molar-refractivity contribution in [1.29, 1.82) is 0 Å². The van der Waals surface area contributed by atoms with Crippen LogP contribution in [-0.4, -0.2) is 48.8 Å². The second-order valence-electron chi connectivity index (χ2n) is 7.26. The van der Waals surface area contributed by atoms with Crippen molar-refractivity contribution in [1.82, 2.24) is 14.3 Å². The van der Waals surface area contributed by atoms with Crippen LogP contribution < -0.4 is 10.1 Å². The Bertz CT molecular complexity index is 1330. The molecule has 1 aliphatic heterocycles. The van der Waals surface area contributed by atoms with Gasteiger partial charge in [-0.15, -0.1) is 22.7 Å². The molecule has 170 valence electrons. The van der Waals surface area contributed by atoms with Gasteiger partial charge in [0.1, 0.15) is 15.7 Å². The molecule has 0 radical (unpaired) electrons. The fraction of sp³-hybridized carbons (Fsp3) is 0.316. The second kappa shape index (κ2) is 8.54. The fourth-order valence-corrected chi connectivity index (χ4v) is 6.65. The highest BCUT2D eigenvalue weighted by molar-refractivity contribution is 7.89. The van der Waals surface area contributed by atoms with Gasteiger partial charge >= 0.3 is 0 Å². The maximum absolute atomic E-state index is 12.8. The van der Waals surface area contributed by atoms with Crippen LogP contribution in [0.15, 0.2) is 16.3 Å². The van der Waals surface area contributed by atoms with E-state index >= 15 is 0 Å². The first-order chi connectivity index (χ1) is 15.0. The van der Waals surface area contributed by atoms with E-state index < -0.39 is 22.0 Å². The summed E-state index contributed by atoms with van der Waals surface area (Å²) in [6.45, 7) is 3.84. The van der Waals surface area contributed by atoms with Crippen LogP contribution in [0.5, 0.6) is 5.75 Å². The molecule has 0 spiro atoms. The standard InChI is InChI=1S/C19H18Cl2N4O4S3/c1-8-17(31-9(2)22-8)11-7-30-19(23-11)24-18(26)12-5-10-6-13(32(27,28)25(3)4)14(20)15(21)16(10)29-12/h6-7,12H,5H2,1-4H3,(H,23,24,26). The van der Waals surface area contributed by atoms with Crippen molar-refractivity contribution in [3.8, 4) is 16.3 Å². The number of amides is 1. The summed E-state index contributed by atoms with van der Waals surface area (Å²) in [6.07, 6.45) is -0.741. The molecule has 3 heterocycles. The van der Waals surface area contributed by atoms with E-state index in [1.807, 2.05) is 19.2 Å². The van der Waals surface area contributed by atoms with Crippen molar-refractivity contribution in [2.45, 2.75) is 31.3 Å². The molecule has 0 bridgehead atoms. The number of aromatic nitrogens is 2. The lowest BCUT2D eigenvalue weighted by atomic mass is 10.1. The maximum Gasteiger partial charge on any atom is 0.267 e. The van der Waals surface area contributed by atoms with E-state index in [4.69, 9.17) is 27.9 Å². The molecule has 32 heavy (non-hydrogen) atoms. The Morgan fingerprint density at radius 1 is 1.25 bits per heavy atom. The molecule has 1 N–H and O–H groups in total. The minimum atomic E-state index is -3.82. The molecule has 1 atom stereocenters. The van der Waals surface area contributed by atoms with E-state index in [-0.39, 0.29) is 27.1 Å². The molecule has 0 fully saturated rings. The number of hydrogen-bond acceptors (Lipinski definition) is 8. The van der Waals surface area contributed by atoms with Gasteiger partial charge in [0.25, 0.3) is 5.91 Å². The third kappa shape index (κ3) is 4.13. The molecule has 1 unspecified atom stereocenters. The highest BCUT2D eigenvalue weighted by Crippen LogP contribution is 2.44. The number of anilines is 1. The minimum Gasteiger partial charge on any atom is -0.478 e. The molecule has 0 saturated heterocycles. The van der Waals surface area contributed by atoms with E-state index in [1.165, 1.54) is 31.5 Å². The molecule has 1 aromatic carbocycles. The van der Waals surface area contributed by atoms with Gasteiger partial charge in [0.2, 0.25) is 10.0 Å². The Morgan fingerprint density at radius 3 is 2.59 bits per heavy atom. The Hall–Kier alpha value is -1.76. The van der Waals surface area contributed by atoms with Gasteiger partial charge in [-0.05, 0) is 19.9 Å². The molecule has 0 aliphatic carbocycles. The second-order valence-corrected chi connectivity index (χ2v) is 12.2. The predicted octanol–water partition coefficient (Wildman–Crippen LogP) is 4.38. The van der Waals surface area contributed by atoms with Crippen molar-refractivity contribution in [3.63, 3.8) is 0 Å². The average molecular weight is 533 g/mol. The molecule has 3 aromatic rings. The van der Waals surface area contributed by atoms with Crippen LogP contribution in [0, 0.1) is 13.8 Å². The predicted molar refractivity (Wildman–Crippen MR) is 127 cm³/mol. The van der Waals surface area contributed by atoms with Crippen LogP contribution in [0.1, 0.15) is 16.3 Å². The summed E-state index contributed by atoms with van der Waals surface area (Å²) in [7, 11) is -1.02. The summed E-state index contributed by atoms with van der Waals surface area (Å²) in [4.78, 5) is 22.5. The van der Waals surface area contributed by atoms with Gasteiger partial charge in [0.05, 0.1) is 26.3 Å². The third-order valence-corrected chi connectivity index (χ3v) is 9.45. The normalized spacial score (nSPS) is 15.7. The lowest BCUT2D eigenvalue weighted by Gasteiger charge is -2.15. The van der Waals surface area contributed by atoms with Gasteiger partial charge in [-0.2, -0.15) is 0 Å². The summed E-state index contributed by atoms with van der Waals surface area (Å²) in [5.41, 5.74) is 2.13. The molecule has 2 aromatic heterocycles. The number of nitrogens with one attached hydrogen (secondary N) is 1. The number of fused-ring (bicyclic) bond motifs is 1. The molecular weight excluding hydrogens is 515 g/mol. The first-order valence-corrected chi connectivity index (χ1v) is 13.2. The van der Waals surface area contributed by atoms with Gasteiger partial charge in [-0.1, -0.05) is 23.2 Å². The first-order valence-electron chi connectivity index (χ1n) is 9.30. The van der Waals surface area contributed by atoms with E-state index in [9.17, 15) is 13.2 Å². The summed E-state index contributed by atoms with van der Waals surface area (Å²) >= 11 is 15.3. The smallest absolute Gasteiger partial charge is 0.267 e. The van der Waals surface area contributed by atoms with E-state index in [0.717, 1.165) is 25.6 Å². The zero-order valence-electron chi connectivity index (χ0n) is 17.4. The lowest BCUT2D eigenvalue weighted by molar-refractivity contribution is -0.122. The van der Waals surface area contributed by atoms with Gasteiger partial charge < -0.3 is 4.74 Å². The number of thiazole rings is 2. The Morgan fingerprint density at radius 2 is 1.97 bits per heavy atom. The molecule has 1 aliphatic rings. The van der Waals surface area contributed by atoms with Gasteiger partial charge in [-0.3, -0.25) is 10.1 Å². The van der Waals surface area contributed by atoms with Gasteiger partial charge in [0.15, 0.2) is 11.2 Å². The van der Waals surface area contributed by atoms with Crippen molar-refractivity contribution in [2.75, 3.05) is 19.4 Å². The van der Waals surface area contributed by atoms with E-state index in [1.54, 1.807) is 11.3 Å². The Kier molecular flexibility index (Phi) is 6.25. The minimum absolute atomic E-state index is 0.0348. The number of hydrogen-bond donors (Lipinski definition) is 1. The number of nitrogens with zero attached hydrogens (tertiary/aromatic N) is 3. The van der Waals surface area contributed by atoms with Gasteiger partial charge in [-0.25, -0.2) is 22.7 Å². The molecule has 1 amide bonds. The number of aryl methyl sites for hydroxylation is 2. The third-order valence-electron chi connectivity index (χ3n) is 4.79. The highest BCUT2D eigenvalue weighted by Gasteiger charge is 2.35. The molecular formula is C19H18Cl2N4O4S3. The van der Waals surface area contributed by atoms with Gasteiger partial charge in [0, 0.05) is 31.5 Å². The van der Waals surface area contributed by atoms with E-state index in [0.29, 0.717) is 10.7 Å². The van der Waals surface area contributed by atoms with Crippen LogP contribution in [0.25, 0.3) is 10.6 Å². The molecule has 8 nitrogen and oxygen atoms in total. The van der Waals surface area contributed by atoms with Crippen LogP contribution in [0.2, 0.25) is 10.0 Å². The summed E-state index contributed by atoms with van der Waals surface area (Å²) in [5.74, 6) is -0.200. The summed E-state index contributed by atoms with van der Waals surface area (Å²) in [5, 5.41) is 5.81. The zero-order chi connectivity index (χ0) is 23.4. The number of ether oxygens (including phenoxy) is 1. The largest absolute Gasteiger partial charge is 0.478 e. The number of carbonyl (C=O) groups is 1. The van der Waals surface area contributed by atoms with Crippen molar-refractivity contribution in [2.24, 2.45) is 0 Å². The highest BCUT2D eigenvalue weighted by atomic mass is 35.5. The van der Waals surface area contributed by atoms with Crippen LogP contribution in [-0.2, 0) is 21.2 Å². The van der Waals surface area contributed by atoms with Crippen LogP contribution >= 0.6 is 45.9 Å². The topological polar surface area (TPSA) is 101 Å². The number of sulfonamides is 1. The van der Waals surface area contributed by atoms with Crippen molar-refractivity contribution >= 4 is 66.9 Å². The Balaban J connectivity index is 1.54. The van der Waals surface area contributed by atoms with Crippen LogP contribution in [0.3, 0.4) is 0 Å². The van der Waals surface area contributed by atoms with Crippen molar-refractivity contribution < 1.29 is 17.9 Å². The number of rotatable bonds is 5. The number of carbonyl (C=O) groups excluding carboxylic acids is 1. The average Bonchev–Trinajstić information content (AvgIpc) is 3.42. The lowest BCUT2D eigenvalue weighted by Crippen LogP contribution is -2.31. The Labute approximate surface area is 203 Å². The number of halogens is 2. The van der Waals surface area contributed by atoms with Crippen LogP contribution in [0.4, 0.5) is 5.13 Å².